The molecule has 1 aromatic carbocycles. The highest BCUT2D eigenvalue weighted by molar-refractivity contribution is 5.79. The van der Waals surface area contributed by atoms with Crippen molar-refractivity contribution in [3.05, 3.63) is 34.9 Å². The number of morpholine rings is 1. The number of ether oxygens (including phenoxy) is 1. The maximum absolute atomic E-state index is 13.0. The smallest absolute Gasteiger partial charge is 0.227 e. The minimum atomic E-state index is 0.225. The molecule has 2 heterocycles. The standard InChI is InChI=1S/C22H34N2O3/c1-17-5-6-18(2)20(14-17)15-22(26)24-8-7-21(19(16-24)4-3-11-25)23-9-12-27-13-10-23/h5-6,14,19,21,25H,3-4,7-13,15-16H2,1-2H3. The van der Waals surface area contributed by atoms with Crippen LogP contribution in [0.4, 0.5) is 0 Å². The van der Waals surface area contributed by atoms with Gasteiger partial charge in [-0.15, -0.1) is 0 Å². The molecule has 1 N–H and O–H groups in total. The van der Waals surface area contributed by atoms with Crippen molar-refractivity contribution >= 4 is 5.91 Å². The first-order valence-electron chi connectivity index (χ1n) is 10.3. The van der Waals surface area contributed by atoms with Gasteiger partial charge in [0.1, 0.15) is 0 Å². The molecule has 2 aliphatic rings. The Morgan fingerprint density at radius 2 is 2.00 bits per heavy atom. The summed E-state index contributed by atoms with van der Waals surface area (Å²) in [6.45, 7) is 9.60. The topological polar surface area (TPSA) is 53.0 Å². The van der Waals surface area contributed by atoms with E-state index in [-0.39, 0.29) is 12.5 Å². The monoisotopic (exact) mass is 374 g/mol. The van der Waals surface area contributed by atoms with Gasteiger partial charge in [-0.05, 0) is 50.2 Å². The summed E-state index contributed by atoms with van der Waals surface area (Å²) in [6.07, 6.45) is 3.30. The van der Waals surface area contributed by atoms with Gasteiger partial charge in [-0.25, -0.2) is 0 Å². The molecular weight excluding hydrogens is 340 g/mol. The number of benzene rings is 1. The number of nitrogens with zero attached hydrogens (tertiary/aromatic N) is 2. The van der Waals surface area contributed by atoms with Gasteiger partial charge in [0.15, 0.2) is 0 Å². The van der Waals surface area contributed by atoms with E-state index in [0.717, 1.165) is 64.2 Å². The largest absolute Gasteiger partial charge is 0.396 e. The summed E-state index contributed by atoms with van der Waals surface area (Å²) < 4.78 is 5.51. The molecule has 3 rings (SSSR count). The number of hydrogen-bond acceptors (Lipinski definition) is 4. The predicted octanol–water partition coefficient (Wildman–Crippen LogP) is 2.17. The van der Waals surface area contributed by atoms with E-state index in [1.54, 1.807) is 0 Å². The zero-order valence-electron chi connectivity index (χ0n) is 16.8. The highest BCUT2D eigenvalue weighted by Gasteiger charge is 2.35. The molecule has 5 nitrogen and oxygen atoms in total. The van der Waals surface area contributed by atoms with E-state index >= 15 is 0 Å². The van der Waals surface area contributed by atoms with Gasteiger partial charge in [0.05, 0.1) is 19.6 Å². The summed E-state index contributed by atoms with van der Waals surface area (Å²) in [4.78, 5) is 17.6. The van der Waals surface area contributed by atoms with Gasteiger partial charge in [-0.1, -0.05) is 23.8 Å². The molecule has 0 bridgehead atoms. The van der Waals surface area contributed by atoms with E-state index in [9.17, 15) is 9.90 Å². The Morgan fingerprint density at radius 3 is 2.74 bits per heavy atom. The lowest BCUT2D eigenvalue weighted by molar-refractivity contribution is -0.134. The molecule has 0 radical (unpaired) electrons. The lowest BCUT2D eigenvalue weighted by atomic mass is 9.86. The van der Waals surface area contributed by atoms with Crippen LogP contribution < -0.4 is 0 Å². The third-order valence-corrected chi connectivity index (χ3v) is 6.14. The molecule has 2 saturated heterocycles. The number of rotatable bonds is 6. The third-order valence-electron chi connectivity index (χ3n) is 6.14. The summed E-state index contributed by atoms with van der Waals surface area (Å²) in [5, 5.41) is 9.31. The fraction of sp³-hybridized carbons (Fsp3) is 0.682. The van der Waals surface area contributed by atoms with Crippen LogP contribution in [0.5, 0.6) is 0 Å². The summed E-state index contributed by atoms with van der Waals surface area (Å²) in [7, 11) is 0. The first-order chi connectivity index (χ1) is 13.1. The van der Waals surface area contributed by atoms with Crippen LogP contribution in [-0.4, -0.2) is 72.9 Å². The minimum Gasteiger partial charge on any atom is -0.396 e. The fourth-order valence-electron chi connectivity index (χ4n) is 4.54. The summed E-state index contributed by atoms with van der Waals surface area (Å²) in [6, 6.07) is 6.84. The molecule has 1 aromatic rings. The van der Waals surface area contributed by atoms with Crippen LogP contribution in [0, 0.1) is 19.8 Å². The molecule has 0 saturated carbocycles. The molecule has 2 atom stereocenters. The molecule has 2 unspecified atom stereocenters. The van der Waals surface area contributed by atoms with Crippen LogP contribution in [-0.2, 0) is 16.0 Å². The average Bonchev–Trinajstić information content (AvgIpc) is 2.69. The SMILES string of the molecule is Cc1ccc(C)c(CC(=O)N2CCC(N3CCOCC3)C(CCCO)C2)c1. The lowest BCUT2D eigenvalue weighted by Crippen LogP contribution is -2.55. The molecule has 150 valence electrons. The minimum absolute atomic E-state index is 0.225. The second-order valence-electron chi connectivity index (χ2n) is 8.08. The van der Waals surface area contributed by atoms with Crippen molar-refractivity contribution in [3.8, 4) is 0 Å². The summed E-state index contributed by atoms with van der Waals surface area (Å²) in [5.41, 5.74) is 3.53. The predicted molar refractivity (Wildman–Crippen MR) is 107 cm³/mol. The Morgan fingerprint density at radius 1 is 1.22 bits per heavy atom. The van der Waals surface area contributed by atoms with Crippen molar-refractivity contribution in [1.82, 2.24) is 9.80 Å². The van der Waals surface area contributed by atoms with Gasteiger partial charge in [-0.2, -0.15) is 0 Å². The lowest BCUT2D eigenvalue weighted by Gasteiger charge is -2.45. The number of carbonyl (C=O) groups excluding carboxylic acids is 1. The van der Waals surface area contributed by atoms with E-state index in [0.29, 0.717) is 18.4 Å². The first-order valence-corrected chi connectivity index (χ1v) is 10.3. The fourth-order valence-corrected chi connectivity index (χ4v) is 4.54. The molecule has 2 aliphatic heterocycles. The molecule has 0 aromatic heterocycles. The molecular formula is C22H34N2O3. The maximum atomic E-state index is 13.0. The number of piperidine rings is 1. The Labute approximate surface area is 163 Å². The third kappa shape index (κ3) is 5.31. The van der Waals surface area contributed by atoms with Gasteiger partial charge < -0.3 is 14.7 Å². The van der Waals surface area contributed by atoms with Gasteiger partial charge >= 0.3 is 0 Å². The van der Waals surface area contributed by atoms with Crippen LogP contribution in [0.2, 0.25) is 0 Å². The van der Waals surface area contributed by atoms with Crippen LogP contribution in [0.1, 0.15) is 36.0 Å². The maximum Gasteiger partial charge on any atom is 0.227 e. The van der Waals surface area contributed by atoms with E-state index in [1.165, 1.54) is 11.1 Å². The number of carbonyl (C=O) groups is 1. The number of hydrogen-bond donors (Lipinski definition) is 1. The van der Waals surface area contributed by atoms with Crippen LogP contribution >= 0.6 is 0 Å². The van der Waals surface area contributed by atoms with E-state index < -0.39 is 0 Å². The zero-order valence-corrected chi connectivity index (χ0v) is 16.8. The van der Waals surface area contributed by atoms with Crippen LogP contribution in [0.25, 0.3) is 0 Å². The highest BCUT2D eigenvalue weighted by atomic mass is 16.5. The molecule has 27 heavy (non-hydrogen) atoms. The summed E-state index contributed by atoms with van der Waals surface area (Å²) >= 11 is 0. The zero-order chi connectivity index (χ0) is 19.2. The Kier molecular flexibility index (Phi) is 7.27. The van der Waals surface area contributed by atoms with Gasteiger partial charge in [-0.3, -0.25) is 9.69 Å². The average molecular weight is 375 g/mol. The second-order valence-corrected chi connectivity index (χ2v) is 8.08. The van der Waals surface area contributed by atoms with Gasteiger partial charge in [0.2, 0.25) is 5.91 Å². The quantitative estimate of drug-likeness (QED) is 0.829. The van der Waals surface area contributed by atoms with Crippen molar-refractivity contribution in [3.63, 3.8) is 0 Å². The van der Waals surface area contributed by atoms with Crippen molar-refractivity contribution < 1.29 is 14.6 Å². The van der Waals surface area contributed by atoms with Gasteiger partial charge in [0.25, 0.3) is 0 Å². The Hall–Kier alpha value is -1.43. The number of likely N-dealkylation sites (tertiary alicyclic amines) is 1. The molecule has 0 spiro atoms. The second kappa shape index (κ2) is 9.67. The van der Waals surface area contributed by atoms with E-state index in [1.807, 2.05) is 0 Å². The molecule has 1 amide bonds. The van der Waals surface area contributed by atoms with Crippen LogP contribution in [0.3, 0.4) is 0 Å². The van der Waals surface area contributed by atoms with Gasteiger partial charge in [0, 0.05) is 38.8 Å². The van der Waals surface area contributed by atoms with Crippen LogP contribution in [0.15, 0.2) is 18.2 Å². The molecule has 0 aliphatic carbocycles. The highest BCUT2D eigenvalue weighted by Crippen LogP contribution is 2.27. The van der Waals surface area contributed by atoms with Crippen molar-refractivity contribution in [2.24, 2.45) is 5.92 Å². The molecule has 2 fully saturated rings. The number of aliphatic hydroxyl groups is 1. The number of amides is 1. The first kappa shape index (κ1) is 20.3. The summed E-state index contributed by atoms with van der Waals surface area (Å²) in [5.74, 6) is 0.671. The van der Waals surface area contributed by atoms with Crippen molar-refractivity contribution in [2.75, 3.05) is 46.0 Å². The number of aliphatic hydroxyl groups excluding tert-OH is 1. The van der Waals surface area contributed by atoms with E-state index in [4.69, 9.17) is 4.74 Å². The Balaban J connectivity index is 1.64. The normalized spacial score (nSPS) is 24.2. The Bertz CT molecular complexity index is 628. The van der Waals surface area contributed by atoms with E-state index in [2.05, 4.69) is 41.8 Å². The number of aryl methyl sites for hydroxylation is 2. The van der Waals surface area contributed by atoms with Crippen molar-refractivity contribution in [2.45, 2.75) is 45.6 Å². The van der Waals surface area contributed by atoms with Crippen molar-refractivity contribution in [1.29, 1.82) is 0 Å². The molecule has 5 heteroatoms.